The number of piperidine rings is 1. The first-order valence-corrected chi connectivity index (χ1v) is 3.41. The second kappa shape index (κ2) is 2.98. The predicted octanol–water partition coefficient (Wildman–Crippen LogP) is -0.992. The molecule has 0 saturated carbocycles. The van der Waals surface area contributed by atoms with Gasteiger partial charge in [-0.15, -0.1) is 0 Å². The lowest BCUT2D eigenvalue weighted by Gasteiger charge is -2.25. The number of carbonyl (C=O) groups is 1. The van der Waals surface area contributed by atoms with Crippen molar-refractivity contribution in [1.82, 2.24) is 5.32 Å². The molecule has 0 aromatic carbocycles. The maximum Gasteiger partial charge on any atom is 0.309 e. The van der Waals surface area contributed by atoms with E-state index < -0.39 is 11.9 Å². The lowest BCUT2D eigenvalue weighted by Crippen LogP contribution is -2.48. The maximum absolute atomic E-state index is 10.4. The Bertz CT molecular complexity index is 138. The van der Waals surface area contributed by atoms with Gasteiger partial charge in [0.15, 0.2) is 0 Å². The highest BCUT2D eigenvalue weighted by atomic mass is 16.4. The molecule has 0 aliphatic carbocycles. The molecule has 0 bridgehead atoms. The van der Waals surface area contributed by atoms with Crippen LogP contribution in [0, 0.1) is 5.92 Å². The molecule has 0 radical (unpaired) electrons. The van der Waals surface area contributed by atoms with E-state index in [2.05, 4.69) is 5.32 Å². The van der Waals surface area contributed by atoms with E-state index in [1.807, 2.05) is 0 Å². The van der Waals surface area contributed by atoms with Gasteiger partial charge in [0.25, 0.3) is 0 Å². The number of aliphatic carboxylic acids is 1. The van der Waals surface area contributed by atoms with Crippen LogP contribution >= 0.6 is 0 Å². The van der Waals surface area contributed by atoms with Crippen molar-refractivity contribution in [2.45, 2.75) is 12.5 Å². The van der Waals surface area contributed by atoms with E-state index in [9.17, 15) is 4.79 Å². The van der Waals surface area contributed by atoms with Crippen LogP contribution in [0.25, 0.3) is 0 Å². The highest BCUT2D eigenvalue weighted by molar-refractivity contribution is 5.71. The smallest absolute Gasteiger partial charge is 0.309 e. The van der Waals surface area contributed by atoms with E-state index in [-0.39, 0.29) is 6.04 Å². The molecule has 4 nitrogen and oxygen atoms in total. The molecule has 58 valence electrons. The minimum absolute atomic E-state index is 0.168. The molecule has 1 aliphatic rings. The van der Waals surface area contributed by atoms with Gasteiger partial charge in [0.1, 0.15) is 0 Å². The maximum atomic E-state index is 10.4. The fourth-order valence-electron chi connectivity index (χ4n) is 1.15. The van der Waals surface area contributed by atoms with Crippen LogP contribution in [0.3, 0.4) is 0 Å². The van der Waals surface area contributed by atoms with E-state index in [4.69, 9.17) is 10.8 Å². The van der Waals surface area contributed by atoms with Crippen LogP contribution in [0.5, 0.6) is 0 Å². The molecule has 1 aliphatic heterocycles. The number of hydrogen-bond donors (Lipinski definition) is 3. The second-order valence-electron chi connectivity index (χ2n) is 2.60. The van der Waals surface area contributed by atoms with E-state index in [0.717, 1.165) is 13.0 Å². The Kier molecular flexibility index (Phi) is 2.24. The van der Waals surface area contributed by atoms with Crippen molar-refractivity contribution in [2.24, 2.45) is 11.7 Å². The van der Waals surface area contributed by atoms with E-state index in [0.29, 0.717) is 6.54 Å². The molecular formula is C6H12N2O2. The largest absolute Gasteiger partial charge is 0.481 e. The fraction of sp³-hybridized carbons (Fsp3) is 0.833. The van der Waals surface area contributed by atoms with Gasteiger partial charge < -0.3 is 16.2 Å². The Balaban J connectivity index is 2.47. The monoisotopic (exact) mass is 144 g/mol. The molecule has 2 atom stereocenters. The quantitative estimate of drug-likeness (QED) is 0.441. The highest BCUT2D eigenvalue weighted by Crippen LogP contribution is 2.08. The SMILES string of the molecule is N[C@H]1CCNC[C@H]1C(=O)O. The lowest BCUT2D eigenvalue weighted by atomic mass is 9.95. The van der Waals surface area contributed by atoms with Gasteiger partial charge in [-0.2, -0.15) is 0 Å². The average Bonchev–Trinajstić information content (AvgIpc) is 1.88. The summed E-state index contributed by atoms with van der Waals surface area (Å²) in [5.74, 6) is -1.19. The standard InChI is InChI=1S/C6H12N2O2/c7-5-1-2-8-3-4(5)6(9)10/h4-5,8H,1-3,7H2,(H,9,10)/t4-,5+/m1/s1. The van der Waals surface area contributed by atoms with Crippen LogP contribution in [-0.4, -0.2) is 30.2 Å². The second-order valence-corrected chi connectivity index (χ2v) is 2.60. The van der Waals surface area contributed by atoms with Gasteiger partial charge in [-0.05, 0) is 13.0 Å². The first kappa shape index (κ1) is 7.50. The van der Waals surface area contributed by atoms with Crippen molar-refractivity contribution in [3.63, 3.8) is 0 Å². The van der Waals surface area contributed by atoms with E-state index in [1.54, 1.807) is 0 Å². The van der Waals surface area contributed by atoms with Crippen LogP contribution in [0.15, 0.2) is 0 Å². The molecule has 1 saturated heterocycles. The van der Waals surface area contributed by atoms with Gasteiger partial charge in [-0.3, -0.25) is 4.79 Å². The Morgan fingerprint density at radius 1 is 1.70 bits per heavy atom. The van der Waals surface area contributed by atoms with Crippen LogP contribution < -0.4 is 11.1 Å². The topological polar surface area (TPSA) is 75.3 Å². The van der Waals surface area contributed by atoms with Gasteiger partial charge in [0.2, 0.25) is 0 Å². The number of rotatable bonds is 1. The van der Waals surface area contributed by atoms with Crippen molar-refractivity contribution in [3.8, 4) is 0 Å². The lowest BCUT2D eigenvalue weighted by molar-refractivity contribution is -0.142. The number of nitrogens with one attached hydrogen (secondary N) is 1. The summed E-state index contributed by atoms with van der Waals surface area (Å²) in [4.78, 5) is 10.4. The predicted molar refractivity (Wildman–Crippen MR) is 36.6 cm³/mol. The van der Waals surface area contributed by atoms with Crippen LogP contribution in [0.4, 0.5) is 0 Å². The molecule has 0 aromatic heterocycles. The van der Waals surface area contributed by atoms with Crippen molar-refractivity contribution in [3.05, 3.63) is 0 Å². The number of carboxylic acid groups (broad SMARTS) is 1. The molecule has 1 rings (SSSR count). The van der Waals surface area contributed by atoms with Crippen molar-refractivity contribution < 1.29 is 9.90 Å². The summed E-state index contributed by atoms with van der Waals surface area (Å²) in [6.07, 6.45) is 0.761. The minimum Gasteiger partial charge on any atom is -0.481 e. The zero-order chi connectivity index (χ0) is 7.56. The summed E-state index contributed by atoms with van der Waals surface area (Å²) in [6.45, 7) is 1.35. The molecule has 10 heavy (non-hydrogen) atoms. The molecule has 4 heteroatoms. The molecule has 0 spiro atoms. The van der Waals surface area contributed by atoms with E-state index >= 15 is 0 Å². The summed E-state index contributed by atoms with van der Waals surface area (Å²) in [5, 5.41) is 11.6. The molecule has 1 fully saturated rings. The van der Waals surface area contributed by atoms with Crippen molar-refractivity contribution in [1.29, 1.82) is 0 Å². The van der Waals surface area contributed by atoms with Gasteiger partial charge in [0.05, 0.1) is 5.92 Å². The van der Waals surface area contributed by atoms with E-state index in [1.165, 1.54) is 0 Å². The van der Waals surface area contributed by atoms with Crippen LogP contribution in [0.2, 0.25) is 0 Å². The summed E-state index contributed by atoms with van der Waals surface area (Å²) >= 11 is 0. The van der Waals surface area contributed by atoms with Crippen molar-refractivity contribution in [2.75, 3.05) is 13.1 Å². The molecule has 1 heterocycles. The molecule has 4 N–H and O–H groups in total. The molecule has 0 unspecified atom stereocenters. The molecule has 0 aromatic rings. The number of hydrogen-bond acceptors (Lipinski definition) is 3. The number of carboxylic acids is 1. The number of nitrogens with two attached hydrogens (primary N) is 1. The molecule has 0 amide bonds. The Morgan fingerprint density at radius 3 is 2.80 bits per heavy atom. The Morgan fingerprint density at radius 2 is 2.40 bits per heavy atom. The highest BCUT2D eigenvalue weighted by Gasteiger charge is 2.27. The van der Waals surface area contributed by atoms with Gasteiger partial charge in [-0.1, -0.05) is 0 Å². The third-order valence-corrected chi connectivity index (χ3v) is 1.85. The third kappa shape index (κ3) is 1.46. The average molecular weight is 144 g/mol. The summed E-state index contributed by atoms with van der Waals surface area (Å²) in [7, 11) is 0. The van der Waals surface area contributed by atoms with Crippen LogP contribution in [0.1, 0.15) is 6.42 Å². The Labute approximate surface area is 59.4 Å². The summed E-state index contributed by atoms with van der Waals surface area (Å²) in [5.41, 5.74) is 5.56. The summed E-state index contributed by atoms with van der Waals surface area (Å²) in [6, 6.07) is -0.168. The van der Waals surface area contributed by atoms with Gasteiger partial charge >= 0.3 is 5.97 Å². The Hall–Kier alpha value is -0.610. The van der Waals surface area contributed by atoms with Gasteiger partial charge in [-0.25, -0.2) is 0 Å². The first-order chi connectivity index (χ1) is 4.72. The minimum atomic E-state index is -0.792. The van der Waals surface area contributed by atoms with Gasteiger partial charge in [0, 0.05) is 12.6 Å². The summed E-state index contributed by atoms with van der Waals surface area (Å²) < 4.78 is 0. The first-order valence-electron chi connectivity index (χ1n) is 3.41. The van der Waals surface area contributed by atoms with Crippen molar-refractivity contribution >= 4 is 5.97 Å². The normalized spacial score (nSPS) is 33.7. The van der Waals surface area contributed by atoms with Crippen LogP contribution in [-0.2, 0) is 4.79 Å². The molecular weight excluding hydrogens is 132 g/mol. The third-order valence-electron chi connectivity index (χ3n) is 1.85. The fourth-order valence-corrected chi connectivity index (χ4v) is 1.15. The zero-order valence-corrected chi connectivity index (χ0v) is 5.71. The zero-order valence-electron chi connectivity index (χ0n) is 5.71.